The summed E-state index contributed by atoms with van der Waals surface area (Å²) in [5.74, 6) is -0.917. The van der Waals surface area contributed by atoms with Crippen LogP contribution in [0.5, 0.6) is 0 Å². The minimum absolute atomic E-state index is 0.352. The van der Waals surface area contributed by atoms with Crippen LogP contribution in [0.3, 0.4) is 0 Å². The molecule has 6 nitrogen and oxygen atoms in total. The van der Waals surface area contributed by atoms with Gasteiger partial charge >= 0.3 is 0 Å². The molecule has 0 bridgehead atoms. The van der Waals surface area contributed by atoms with Crippen LogP contribution in [0.25, 0.3) is 5.69 Å². The zero-order chi connectivity index (χ0) is 17.3. The summed E-state index contributed by atoms with van der Waals surface area (Å²) >= 11 is 3.42. The molecule has 0 saturated carbocycles. The van der Waals surface area contributed by atoms with Crippen LogP contribution < -0.4 is 11.1 Å². The first-order valence-electron chi connectivity index (χ1n) is 7.94. The van der Waals surface area contributed by atoms with E-state index in [9.17, 15) is 9.59 Å². The summed E-state index contributed by atoms with van der Waals surface area (Å²) in [5, 5.41) is 7.16. The topological polar surface area (TPSA) is 90.0 Å². The van der Waals surface area contributed by atoms with Crippen molar-refractivity contribution >= 4 is 27.7 Å². The molecule has 1 aromatic heterocycles. The van der Waals surface area contributed by atoms with E-state index in [1.165, 1.54) is 0 Å². The molecule has 0 aliphatic heterocycles. The maximum atomic E-state index is 12.5. The number of rotatable bonds is 4. The van der Waals surface area contributed by atoms with Crippen molar-refractivity contribution in [2.75, 3.05) is 0 Å². The molecule has 0 radical (unpaired) electrons. The third-order valence-electron chi connectivity index (χ3n) is 4.24. The highest BCUT2D eigenvalue weighted by Gasteiger charge is 2.26. The Bertz CT molecular complexity index is 783. The number of fused-ring (bicyclic) bond motifs is 1. The van der Waals surface area contributed by atoms with E-state index in [0.29, 0.717) is 5.69 Å². The Balaban J connectivity index is 2.00. The molecule has 1 aliphatic rings. The second-order valence-electron chi connectivity index (χ2n) is 5.97. The van der Waals surface area contributed by atoms with Crippen molar-refractivity contribution in [3.8, 4) is 5.69 Å². The van der Waals surface area contributed by atoms with Crippen LogP contribution in [0.15, 0.2) is 28.7 Å². The summed E-state index contributed by atoms with van der Waals surface area (Å²) in [5.41, 5.74) is 8.57. The summed E-state index contributed by atoms with van der Waals surface area (Å²) in [6.45, 7) is 1.57. The second-order valence-corrected chi connectivity index (χ2v) is 6.88. The van der Waals surface area contributed by atoms with Crippen LogP contribution in [0.2, 0.25) is 0 Å². The number of amides is 2. The molecule has 0 spiro atoms. The Hall–Kier alpha value is -2.15. The van der Waals surface area contributed by atoms with Gasteiger partial charge in [-0.1, -0.05) is 15.9 Å². The van der Waals surface area contributed by atoms with E-state index in [0.717, 1.165) is 47.1 Å². The van der Waals surface area contributed by atoms with Crippen molar-refractivity contribution in [3.05, 3.63) is 45.7 Å². The fourth-order valence-corrected chi connectivity index (χ4v) is 3.18. The normalized spacial score (nSPS) is 14.8. The molecular formula is C17H19BrN4O2. The van der Waals surface area contributed by atoms with Crippen LogP contribution in [0.4, 0.5) is 0 Å². The number of nitrogens with two attached hydrogens (primary N) is 1. The highest BCUT2D eigenvalue weighted by Crippen LogP contribution is 2.27. The molecule has 3 N–H and O–H groups in total. The first kappa shape index (κ1) is 16.7. The Morgan fingerprint density at radius 2 is 1.92 bits per heavy atom. The number of primary amides is 1. The molecule has 126 valence electrons. The molecule has 1 aromatic carbocycles. The molecular weight excluding hydrogens is 372 g/mol. The number of nitrogens with zero attached hydrogens (tertiary/aromatic N) is 2. The number of halogens is 1. The molecule has 1 atom stereocenters. The third kappa shape index (κ3) is 3.21. The van der Waals surface area contributed by atoms with Crippen molar-refractivity contribution in [1.82, 2.24) is 15.1 Å². The average Bonchev–Trinajstić information content (AvgIpc) is 2.95. The van der Waals surface area contributed by atoms with E-state index in [-0.39, 0.29) is 5.91 Å². The molecule has 7 heteroatoms. The Labute approximate surface area is 148 Å². The smallest absolute Gasteiger partial charge is 0.272 e. The maximum Gasteiger partial charge on any atom is 0.272 e. The summed E-state index contributed by atoms with van der Waals surface area (Å²) in [7, 11) is 0. The van der Waals surface area contributed by atoms with E-state index < -0.39 is 11.9 Å². The first-order chi connectivity index (χ1) is 11.5. The van der Waals surface area contributed by atoms with E-state index in [4.69, 9.17) is 5.73 Å². The fraction of sp³-hybridized carbons (Fsp3) is 0.353. The molecule has 2 aromatic rings. The summed E-state index contributed by atoms with van der Waals surface area (Å²) in [6.07, 6.45) is 3.81. The molecule has 3 rings (SSSR count). The standard InChI is InChI=1S/C17H19BrN4O2/c1-10(16(19)23)20-17(24)15-13-4-2-3-5-14(13)22(21-15)12-8-6-11(18)7-9-12/h6-10H,2-5H2,1H3,(H2,19,23)(H,20,24)/t10-/m1/s1. The van der Waals surface area contributed by atoms with Crippen molar-refractivity contribution in [3.63, 3.8) is 0 Å². The lowest BCUT2D eigenvalue weighted by molar-refractivity contribution is -0.119. The van der Waals surface area contributed by atoms with Gasteiger partial charge in [0.15, 0.2) is 5.69 Å². The van der Waals surface area contributed by atoms with Crippen LogP contribution in [0.1, 0.15) is 41.5 Å². The zero-order valence-corrected chi connectivity index (χ0v) is 15.0. The molecule has 0 unspecified atom stereocenters. The molecule has 0 fully saturated rings. The van der Waals surface area contributed by atoms with Gasteiger partial charge in [0.1, 0.15) is 6.04 Å². The highest BCUT2D eigenvalue weighted by atomic mass is 79.9. The number of nitrogens with one attached hydrogen (secondary N) is 1. The van der Waals surface area contributed by atoms with Gasteiger partial charge in [-0.3, -0.25) is 9.59 Å². The summed E-state index contributed by atoms with van der Waals surface area (Å²) in [4.78, 5) is 23.7. The van der Waals surface area contributed by atoms with E-state index in [2.05, 4.69) is 26.3 Å². The van der Waals surface area contributed by atoms with Gasteiger partial charge in [-0.2, -0.15) is 5.10 Å². The van der Waals surface area contributed by atoms with Crippen LogP contribution in [0, 0.1) is 0 Å². The quantitative estimate of drug-likeness (QED) is 0.837. The van der Waals surface area contributed by atoms with Crippen molar-refractivity contribution in [2.45, 2.75) is 38.6 Å². The number of hydrogen-bond acceptors (Lipinski definition) is 3. The van der Waals surface area contributed by atoms with Crippen molar-refractivity contribution < 1.29 is 9.59 Å². The van der Waals surface area contributed by atoms with E-state index in [1.807, 2.05) is 28.9 Å². The van der Waals surface area contributed by atoms with Gasteiger partial charge in [0.25, 0.3) is 5.91 Å². The third-order valence-corrected chi connectivity index (χ3v) is 4.77. The number of carbonyl (C=O) groups excluding carboxylic acids is 2. The number of benzene rings is 1. The van der Waals surface area contributed by atoms with E-state index >= 15 is 0 Å². The predicted molar refractivity (Wildman–Crippen MR) is 94.0 cm³/mol. The molecule has 0 saturated heterocycles. The minimum Gasteiger partial charge on any atom is -0.368 e. The van der Waals surface area contributed by atoms with Gasteiger partial charge in [0.2, 0.25) is 5.91 Å². The maximum absolute atomic E-state index is 12.5. The average molecular weight is 391 g/mol. The van der Waals surface area contributed by atoms with Crippen molar-refractivity contribution in [2.24, 2.45) is 5.73 Å². The van der Waals surface area contributed by atoms with Crippen LogP contribution >= 0.6 is 15.9 Å². The fourth-order valence-electron chi connectivity index (χ4n) is 2.91. The van der Waals surface area contributed by atoms with Gasteiger partial charge < -0.3 is 11.1 Å². The number of carbonyl (C=O) groups is 2. The number of aromatic nitrogens is 2. The molecule has 1 heterocycles. The highest BCUT2D eigenvalue weighted by molar-refractivity contribution is 9.10. The summed E-state index contributed by atoms with van der Waals surface area (Å²) < 4.78 is 2.82. The Kier molecular flexibility index (Phi) is 4.71. The van der Waals surface area contributed by atoms with Gasteiger partial charge in [0, 0.05) is 15.7 Å². The molecule has 1 aliphatic carbocycles. The minimum atomic E-state index is -0.727. The monoisotopic (exact) mass is 390 g/mol. The van der Waals surface area contributed by atoms with Gasteiger partial charge in [-0.05, 0) is 56.9 Å². The van der Waals surface area contributed by atoms with Gasteiger partial charge in [-0.25, -0.2) is 4.68 Å². The lowest BCUT2D eigenvalue weighted by Crippen LogP contribution is -2.42. The zero-order valence-electron chi connectivity index (χ0n) is 13.4. The van der Waals surface area contributed by atoms with Crippen molar-refractivity contribution in [1.29, 1.82) is 0 Å². The van der Waals surface area contributed by atoms with Gasteiger partial charge in [-0.15, -0.1) is 0 Å². The van der Waals surface area contributed by atoms with Crippen LogP contribution in [-0.4, -0.2) is 27.6 Å². The van der Waals surface area contributed by atoms with Crippen LogP contribution in [-0.2, 0) is 17.6 Å². The number of hydrogen-bond donors (Lipinski definition) is 2. The lowest BCUT2D eigenvalue weighted by atomic mass is 9.95. The van der Waals surface area contributed by atoms with E-state index in [1.54, 1.807) is 6.92 Å². The molecule has 2 amide bonds. The largest absolute Gasteiger partial charge is 0.368 e. The van der Waals surface area contributed by atoms with Gasteiger partial charge in [0.05, 0.1) is 5.69 Å². The predicted octanol–water partition coefficient (Wildman–Crippen LogP) is 2.12. The SMILES string of the molecule is C[C@@H](NC(=O)c1nn(-c2ccc(Br)cc2)c2c1CCCC2)C(N)=O. The lowest BCUT2D eigenvalue weighted by Gasteiger charge is -2.14. The Morgan fingerprint density at radius 1 is 1.25 bits per heavy atom. The second kappa shape index (κ2) is 6.76. The molecule has 24 heavy (non-hydrogen) atoms. The Morgan fingerprint density at radius 3 is 2.58 bits per heavy atom. The first-order valence-corrected chi connectivity index (χ1v) is 8.73. The summed E-state index contributed by atoms with van der Waals surface area (Å²) in [6, 6.07) is 7.08.